The number of nitrogens with zero attached hydrogens (tertiary/aromatic N) is 4. The SMILES string of the molecule is CC(C1CC1)N(Cc1ccccc1)C(=O)CCc1nc(-c2cccnc2)no1. The van der Waals surface area contributed by atoms with Gasteiger partial charge in [0.15, 0.2) is 0 Å². The number of hydrogen-bond acceptors (Lipinski definition) is 5. The number of carbonyl (C=O) groups is 1. The molecule has 0 aliphatic heterocycles. The van der Waals surface area contributed by atoms with Crippen molar-refractivity contribution in [3.63, 3.8) is 0 Å². The highest BCUT2D eigenvalue weighted by atomic mass is 16.5. The molecule has 2 heterocycles. The van der Waals surface area contributed by atoms with Crippen molar-refractivity contribution in [1.29, 1.82) is 0 Å². The molecular weight excluding hydrogens is 352 g/mol. The van der Waals surface area contributed by atoms with Crippen LogP contribution in [0.3, 0.4) is 0 Å². The third kappa shape index (κ3) is 4.44. The Labute approximate surface area is 164 Å². The minimum Gasteiger partial charge on any atom is -0.339 e. The summed E-state index contributed by atoms with van der Waals surface area (Å²) in [6.07, 6.45) is 6.60. The number of aromatic nitrogens is 3. The van der Waals surface area contributed by atoms with Crippen LogP contribution in [0.4, 0.5) is 0 Å². The Hall–Kier alpha value is -3.02. The summed E-state index contributed by atoms with van der Waals surface area (Å²) < 4.78 is 5.33. The second kappa shape index (κ2) is 8.33. The van der Waals surface area contributed by atoms with E-state index in [9.17, 15) is 4.79 Å². The van der Waals surface area contributed by atoms with E-state index in [1.54, 1.807) is 12.4 Å². The Morgan fingerprint density at radius 2 is 2.04 bits per heavy atom. The standard InChI is InChI=1S/C22H24N4O2/c1-16(18-9-10-18)26(15-17-6-3-2-4-7-17)21(27)12-11-20-24-22(25-28-20)19-8-5-13-23-14-19/h2-8,13-14,16,18H,9-12,15H2,1H3. The first-order valence-electron chi connectivity index (χ1n) is 9.77. The second-order valence-corrected chi connectivity index (χ2v) is 7.34. The maximum atomic E-state index is 13.0. The molecule has 1 atom stereocenters. The van der Waals surface area contributed by atoms with Crippen molar-refractivity contribution < 1.29 is 9.32 Å². The zero-order valence-electron chi connectivity index (χ0n) is 16.0. The summed E-state index contributed by atoms with van der Waals surface area (Å²) >= 11 is 0. The average molecular weight is 376 g/mol. The highest BCUT2D eigenvalue weighted by Gasteiger charge is 2.34. The molecule has 6 nitrogen and oxygen atoms in total. The van der Waals surface area contributed by atoms with Crippen LogP contribution in [0.2, 0.25) is 0 Å². The molecule has 0 bridgehead atoms. The lowest BCUT2D eigenvalue weighted by molar-refractivity contribution is -0.134. The molecule has 3 aromatic rings. The lowest BCUT2D eigenvalue weighted by atomic mass is 10.1. The van der Waals surface area contributed by atoms with Gasteiger partial charge in [0, 0.05) is 43.4 Å². The van der Waals surface area contributed by atoms with Crippen LogP contribution in [0.15, 0.2) is 59.4 Å². The van der Waals surface area contributed by atoms with Gasteiger partial charge in [0.1, 0.15) is 0 Å². The molecule has 144 valence electrons. The molecule has 1 aromatic carbocycles. The van der Waals surface area contributed by atoms with E-state index in [-0.39, 0.29) is 11.9 Å². The molecule has 2 aromatic heterocycles. The van der Waals surface area contributed by atoms with E-state index in [0.717, 1.165) is 11.1 Å². The maximum absolute atomic E-state index is 13.0. The van der Waals surface area contributed by atoms with Crippen LogP contribution in [0.25, 0.3) is 11.4 Å². The molecule has 1 aliphatic rings. The van der Waals surface area contributed by atoms with Gasteiger partial charge in [-0.15, -0.1) is 0 Å². The van der Waals surface area contributed by atoms with Crippen molar-refractivity contribution in [2.75, 3.05) is 0 Å². The largest absolute Gasteiger partial charge is 0.339 e. The van der Waals surface area contributed by atoms with E-state index < -0.39 is 0 Å². The minimum absolute atomic E-state index is 0.129. The zero-order chi connectivity index (χ0) is 19.3. The van der Waals surface area contributed by atoms with Crippen molar-refractivity contribution in [3.8, 4) is 11.4 Å². The van der Waals surface area contributed by atoms with E-state index in [1.165, 1.54) is 12.8 Å². The predicted octanol–water partition coefficient (Wildman–Crippen LogP) is 3.89. The monoisotopic (exact) mass is 376 g/mol. The van der Waals surface area contributed by atoms with Gasteiger partial charge in [-0.05, 0) is 43.4 Å². The number of carbonyl (C=O) groups excluding carboxylic acids is 1. The Morgan fingerprint density at radius 3 is 2.75 bits per heavy atom. The molecule has 1 saturated carbocycles. The number of hydrogen-bond donors (Lipinski definition) is 0. The van der Waals surface area contributed by atoms with Gasteiger partial charge in [-0.2, -0.15) is 4.98 Å². The van der Waals surface area contributed by atoms with E-state index in [4.69, 9.17) is 4.52 Å². The molecule has 0 N–H and O–H groups in total. The molecule has 6 heteroatoms. The Morgan fingerprint density at radius 1 is 1.21 bits per heavy atom. The Kier molecular flexibility index (Phi) is 5.46. The summed E-state index contributed by atoms with van der Waals surface area (Å²) in [5.74, 6) is 1.73. The molecule has 0 radical (unpaired) electrons. The molecule has 1 aliphatic carbocycles. The van der Waals surface area contributed by atoms with Crippen molar-refractivity contribution in [3.05, 3.63) is 66.3 Å². The minimum atomic E-state index is 0.129. The smallest absolute Gasteiger partial charge is 0.227 e. The van der Waals surface area contributed by atoms with E-state index >= 15 is 0 Å². The highest BCUT2D eigenvalue weighted by molar-refractivity contribution is 5.76. The van der Waals surface area contributed by atoms with Gasteiger partial charge in [0.25, 0.3) is 0 Å². The summed E-state index contributed by atoms with van der Waals surface area (Å²) in [6.45, 7) is 2.80. The van der Waals surface area contributed by atoms with Crippen LogP contribution in [-0.4, -0.2) is 32.0 Å². The van der Waals surface area contributed by atoms with Crippen LogP contribution in [0, 0.1) is 5.92 Å². The fourth-order valence-electron chi connectivity index (χ4n) is 3.40. The predicted molar refractivity (Wildman–Crippen MR) is 105 cm³/mol. The third-order valence-electron chi connectivity index (χ3n) is 5.25. The van der Waals surface area contributed by atoms with Crippen molar-refractivity contribution in [2.45, 2.75) is 45.2 Å². The summed E-state index contributed by atoms with van der Waals surface area (Å²) in [4.78, 5) is 23.5. The number of aryl methyl sites for hydroxylation is 1. The van der Waals surface area contributed by atoms with Crippen LogP contribution in [0.5, 0.6) is 0 Å². The molecule has 1 fully saturated rings. The van der Waals surface area contributed by atoms with Crippen LogP contribution in [-0.2, 0) is 17.8 Å². The first-order chi connectivity index (χ1) is 13.7. The Balaban J connectivity index is 1.41. The van der Waals surface area contributed by atoms with Crippen LogP contribution >= 0.6 is 0 Å². The fraction of sp³-hybridized carbons (Fsp3) is 0.364. The molecule has 1 amide bonds. The van der Waals surface area contributed by atoms with Crippen LogP contribution in [0.1, 0.15) is 37.6 Å². The summed E-state index contributed by atoms with van der Waals surface area (Å²) in [5, 5.41) is 4.00. The quantitative estimate of drug-likeness (QED) is 0.596. The summed E-state index contributed by atoms with van der Waals surface area (Å²) in [5.41, 5.74) is 1.96. The van der Waals surface area contributed by atoms with E-state index in [2.05, 4.69) is 34.2 Å². The Bertz CT molecular complexity index is 907. The number of amides is 1. The average Bonchev–Trinajstić information content (AvgIpc) is 3.49. The highest BCUT2D eigenvalue weighted by Crippen LogP contribution is 2.36. The lowest BCUT2D eigenvalue weighted by Gasteiger charge is -2.29. The summed E-state index contributed by atoms with van der Waals surface area (Å²) in [7, 11) is 0. The van der Waals surface area contributed by atoms with Crippen molar-refractivity contribution in [2.24, 2.45) is 5.92 Å². The normalized spacial score (nSPS) is 14.6. The lowest BCUT2D eigenvalue weighted by Crippen LogP contribution is -2.39. The van der Waals surface area contributed by atoms with Gasteiger partial charge in [0.05, 0.1) is 0 Å². The van der Waals surface area contributed by atoms with E-state index in [0.29, 0.717) is 37.0 Å². The van der Waals surface area contributed by atoms with Crippen molar-refractivity contribution in [1.82, 2.24) is 20.0 Å². The number of rotatable bonds is 8. The topological polar surface area (TPSA) is 72.1 Å². The van der Waals surface area contributed by atoms with Gasteiger partial charge in [-0.3, -0.25) is 9.78 Å². The fourth-order valence-corrected chi connectivity index (χ4v) is 3.40. The number of pyridine rings is 1. The van der Waals surface area contributed by atoms with Gasteiger partial charge in [-0.25, -0.2) is 0 Å². The zero-order valence-corrected chi connectivity index (χ0v) is 16.0. The van der Waals surface area contributed by atoms with Crippen LogP contribution < -0.4 is 0 Å². The molecular formula is C22H24N4O2. The van der Waals surface area contributed by atoms with Crippen molar-refractivity contribution >= 4 is 5.91 Å². The van der Waals surface area contributed by atoms with Gasteiger partial charge < -0.3 is 9.42 Å². The first-order valence-corrected chi connectivity index (χ1v) is 9.77. The van der Waals surface area contributed by atoms with Gasteiger partial charge >= 0.3 is 0 Å². The van der Waals surface area contributed by atoms with Gasteiger partial charge in [-0.1, -0.05) is 35.5 Å². The molecule has 4 rings (SSSR count). The molecule has 0 spiro atoms. The third-order valence-corrected chi connectivity index (χ3v) is 5.25. The molecule has 1 unspecified atom stereocenters. The number of benzene rings is 1. The first kappa shape index (κ1) is 18.3. The van der Waals surface area contributed by atoms with E-state index in [1.807, 2.05) is 35.2 Å². The molecule has 28 heavy (non-hydrogen) atoms. The second-order valence-electron chi connectivity index (χ2n) is 7.34. The summed E-state index contributed by atoms with van der Waals surface area (Å²) in [6, 6.07) is 14.1. The maximum Gasteiger partial charge on any atom is 0.227 e. The molecule has 0 saturated heterocycles. The van der Waals surface area contributed by atoms with Gasteiger partial charge in [0.2, 0.25) is 17.6 Å².